The second-order valence-electron chi connectivity index (χ2n) is 6.04. The van der Waals surface area contributed by atoms with Crippen LogP contribution >= 0.6 is 0 Å². The van der Waals surface area contributed by atoms with E-state index in [9.17, 15) is 18.1 Å². The Morgan fingerprint density at radius 1 is 0.818 bits per heavy atom. The molecule has 6 heteroatoms. The summed E-state index contributed by atoms with van der Waals surface area (Å²) >= 11 is 0. The normalized spacial score (nSPS) is 14.4. The summed E-state index contributed by atoms with van der Waals surface area (Å²) in [7, 11) is -4.24. The van der Waals surface area contributed by atoms with E-state index in [1.54, 1.807) is 0 Å². The molecule has 0 heterocycles. The van der Waals surface area contributed by atoms with Gasteiger partial charge in [-0.15, -0.1) is 0 Å². The Bertz CT molecular complexity index is 333. The van der Waals surface area contributed by atoms with Gasteiger partial charge >= 0.3 is 51.4 Å². The zero-order valence-corrected chi connectivity index (χ0v) is 18.7. The molecule has 0 aromatic heterocycles. The number of hydrogen-bond donors (Lipinski definition) is 1. The van der Waals surface area contributed by atoms with Crippen LogP contribution in [0.4, 0.5) is 0 Å². The predicted molar refractivity (Wildman–Crippen MR) is 86.2 cm³/mol. The van der Waals surface area contributed by atoms with Crippen LogP contribution in [0.25, 0.3) is 0 Å². The van der Waals surface area contributed by atoms with Gasteiger partial charge in [0.2, 0.25) is 0 Å². The molecule has 2 unspecified atom stereocenters. The van der Waals surface area contributed by atoms with Crippen molar-refractivity contribution >= 4 is 10.1 Å². The third kappa shape index (κ3) is 15.1. The first kappa shape index (κ1) is 25.7. The van der Waals surface area contributed by atoms with Gasteiger partial charge in [-0.2, -0.15) is 0 Å². The van der Waals surface area contributed by atoms with Gasteiger partial charge in [-0.25, -0.2) is 8.42 Å². The number of rotatable bonds is 14. The first-order valence-electron chi connectivity index (χ1n) is 8.54. The average molecular weight is 361 g/mol. The van der Waals surface area contributed by atoms with Crippen molar-refractivity contribution in [3.63, 3.8) is 0 Å². The van der Waals surface area contributed by atoms with Crippen LogP contribution in [-0.4, -0.2) is 29.4 Å². The second-order valence-corrected chi connectivity index (χ2v) is 7.70. The van der Waals surface area contributed by atoms with Crippen molar-refractivity contribution in [1.82, 2.24) is 0 Å². The van der Waals surface area contributed by atoms with E-state index in [-0.39, 0.29) is 51.4 Å². The van der Waals surface area contributed by atoms with Crippen LogP contribution < -0.4 is 51.4 Å². The van der Waals surface area contributed by atoms with Crippen LogP contribution in [0.3, 0.4) is 0 Å². The van der Waals surface area contributed by atoms with Gasteiger partial charge in [-0.1, -0.05) is 65.2 Å². The molecular formula is C16H33KO4S. The number of aliphatic hydroxyl groups excluding tert-OH is 1. The monoisotopic (exact) mass is 360 g/mol. The van der Waals surface area contributed by atoms with Gasteiger partial charge in [-0.05, 0) is 25.7 Å². The van der Waals surface area contributed by atoms with E-state index in [0.717, 1.165) is 32.1 Å². The van der Waals surface area contributed by atoms with Crippen LogP contribution in [0.15, 0.2) is 0 Å². The Balaban J connectivity index is 0. The van der Waals surface area contributed by atoms with E-state index in [0.29, 0.717) is 25.7 Å². The Hall–Kier alpha value is 1.51. The van der Waals surface area contributed by atoms with E-state index >= 15 is 0 Å². The minimum absolute atomic E-state index is 0. The van der Waals surface area contributed by atoms with Crippen LogP contribution in [0.2, 0.25) is 0 Å². The molecule has 0 aromatic carbocycles. The van der Waals surface area contributed by atoms with E-state index < -0.39 is 21.5 Å². The number of hydrogen-bond acceptors (Lipinski definition) is 4. The summed E-state index contributed by atoms with van der Waals surface area (Å²) in [4.78, 5) is 0. The molecule has 0 saturated carbocycles. The molecule has 0 amide bonds. The molecular weight excluding hydrogens is 327 g/mol. The maximum absolute atomic E-state index is 11.3. The first-order chi connectivity index (χ1) is 9.91. The van der Waals surface area contributed by atoms with Crippen molar-refractivity contribution < 1.29 is 69.5 Å². The zero-order chi connectivity index (χ0) is 16.1. The summed E-state index contributed by atoms with van der Waals surface area (Å²) in [6.45, 7) is 4.21. The molecule has 2 atom stereocenters. The van der Waals surface area contributed by atoms with Gasteiger partial charge in [0.25, 0.3) is 0 Å². The molecule has 0 spiro atoms. The molecule has 0 rings (SSSR count). The van der Waals surface area contributed by atoms with Crippen molar-refractivity contribution in [3.8, 4) is 0 Å². The van der Waals surface area contributed by atoms with Crippen molar-refractivity contribution in [1.29, 1.82) is 0 Å². The smallest absolute Gasteiger partial charge is 0.748 e. The summed E-state index contributed by atoms with van der Waals surface area (Å²) in [6, 6.07) is 0. The summed E-state index contributed by atoms with van der Waals surface area (Å²) in [5, 5.41) is 8.95. The molecule has 0 aliphatic carbocycles. The minimum atomic E-state index is -4.24. The fourth-order valence-electron chi connectivity index (χ4n) is 2.55. The summed E-state index contributed by atoms with van der Waals surface area (Å²) in [6.07, 6.45) is 9.81. The molecule has 0 bridgehead atoms. The molecule has 0 aromatic rings. The molecule has 0 aliphatic rings. The molecule has 128 valence electrons. The Morgan fingerprint density at radius 3 is 1.91 bits per heavy atom. The van der Waals surface area contributed by atoms with Crippen LogP contribution in [0, 0.1) is 0 Å². The van der Waals surface area contributed by atoms with E-state index in [1.165, 1.54) is 19.3 Å². The molecule has 0 aliphatic heterocycles. The molecule has 0 fully saturated rings. The predicted octanol–water partition coefficient (Wildman–Crippen LogP) is 0.986. The maximum Gasteiger partial charge on any atom is 1.00 e. The fraction of sp³-hybridized carbons (Fsp3) is 1.00. The quantitative estimate of drug-likeness (QED) is 0.285. The molecule has 0 radical (unpaired) electrons. The topological polar surface area (TPSA) is 77.4 Å². The molecule has 0 saturated heterocycles. The molecule has 22 heavy (non-hydrogen) atoms. The van der Waals surface area contributed by atoms with E-state index in [1.807, 2.05) is 0 Å². The van der Waals surface area contributed by atoms with Crippen molar-refractivity contribution in [2.45, 2.75) is 102 Å². The third-order valence-corrected chi connectivity index (χ3v) is 5.29. The number of unbranched alkanes of at least 4 members (excludes halogenated alkanes) is 6. The van der Waals surface area contributed by atoms with Gasteiger partial charge in [0.1, 0.15) is 0 Å². The Kier molecular flexibility index (Phi) is 18.7. The molecule has 4 nitrogen and oxygen atoms in total. The van der Waals surface area contributed by atoms with Gasteiger partial charge in [0.15, 0.2) is 0 Å². The standard InChI is InChI=1S/C16H34O4S.K/c1-3-5-7-8-9-10-12-16(21(18,19)20)14-13-15(17)11-6-4-2;/h15-17H,3-14H2,1-2H3,(H,18,19,20);/q;+1/p-1. The SMILES string of the molecule is CCCCCCCCC(CCC(O)CCCC)S(=O)(=O)[O-].[K+]. The van der Waals surface area contributed by atoms with Crippen LogP contribution in [0.5, 0.6) is 0 Å². The fourth-order valence-corrected chi connectivity index (χ4v) is 3.43. The number of aliphatic hydroxyl groups is 1. The van der Waals surface area contributed by atoms with Crippen molar-refractivity contribution in [3.05, 3.63) is 0 Å². The van der Waals surface area contributed by atoms with Gasteiger partial charge in [0.05, 0.1) is 16.2 Å². The van der Waals surface area contributed by atoms with Crippen molar-refractivity contribution in [2.75, 3.05) is 0 Å². The average Bonchev–Trinajstić information content (AvgIpc) is 2.42. The van der Waals surface area contributed by atoms with Gasteiger partial charge in [0, 0.05) is 5.25 Å². The van der Waals surface area contributed by atoms with Crippen LogP contribution in [-0.2, 0) is 10.1 Å². The third-order valence-electron chi connectivity index (χ3n) is 4.00. The summed E-state index contributed by atoms with van der Waals surface area (Å²) in [5.41, 5.74) is 0. The van der Waals surface area contributed by atoms with Crippen LogP contribution in [0.1, 0.15) is 90.9 Å². The summed E-state index contributed by atoms with van der Waals surface area (Å²) in [5.74, 6) is 0. The van der Waals surface area contributed by atoms with Gasteiger partial charge < -0.3 is 9.66 Å². The maximum atomic E-state index is 11.3. The largest absolute Gasteiger partial charge is 1.00 e. The zero-order valence-electron chi connectivity index (χ0n) is 14.7. The first-order valence-corrected chi connectivity index (χ1v) is 10.0. The Labute approximate surface area is 180 Å². The van der Waals surface area contributed by atoms with E-state index in [2.05, 4.69) is 13.8 Å². The van der Waals surface area contributed by atoms with Crippen molar-refractivity contribution in [2.24, 2.45) is 0 Å². The minimum Gasteiger partial charge on any atom is -0.748 e. The van der Waals surface area contributed by atoms with Gasteiger partial charge in [-0.3, -0.25) is 0 Å². The molecule has 1 N–H and O–H groups in total. The Morgan fingerprint density at radius 2 is 1.36 bits per heavy atom. The van der Waals surface area contributed by atoms with E-state index in [4.69, 9.17) is 0 Å². The second kappa shape index (κ2) is 16.0. The summed E-state index contributed by atoms with van der Waals surface area (Å²) < 4.78 is 33.9.